The van der Waals surface area contributed by atoms with Crippen molar-refractivity contribution < 1.29 is 19.4 Å². The molecule has 0 bridgehead atoms. The van der Waals surface area contributed by atoms with Crippen molar-refractivity contribution in [3.63, 3.8) is 0 Å². The molecule has 0 spiro atoms. The zero-order valence-corrected chi connectivity index (χ0v) is 16.4. The summed E-state index contributed by atoms with van der Waals surface area (Å²) in [6, 6.07) is 12.1. The lowest BCUT2D eigenvalue weighted by atomic mass is 9.74. The van der Waals surface area contributed by atoms with Gasteiger partial charge in [-0.05, 0) is 48.7 Å². The second-order valence-electron chi connectivity index (χ2n) is 7.00. The molecule has 6 nitrogen and oxygen atoms in total. The summed E-state index contributed by atoms with van der Waals surface area (Å²) in [5.74, 6) is -0.787. The van der Waals surface area contributed by atoms with Crippen molar-refractivity contribution in [3.8, 4) is 5.75 Å². The third-order valence-corrected chi connectivity index (χ3v) is 5.31. The van der Waals surface area contributed by atoms with Crippen molar-refractivity contribution in [3.05, 3.63) is 58.6 Å². The summed E-state index contributed by atoms with van der Waals surface area (Å²) >= 11 is 6.02. The van der Waals surface area contributed by atoms with Gasteiger partial charge in [-0.15, -0.1) is 0 Å². The molecule has 3 N–H and O–H groups in total. The quantitative estimate of drug-likeness (QED) is 0.668. The van der Waals surface area contributed by atoms with Gasteiger partial charge in [0, 0.05) is 42.8 Å². The van der Waals surface area contributed by atoms with E-state index >= 15 is 0 Å². The molecule has 1 aliphatic heterocycles. The van der Waals surface area contributed by atoms with Crippen molar-refractivity contribution in [2.45, 2.75) is 25.2 Å². The van der Waals surface area contributed by atoms with Crippen LogP contribution in [0, 0.1) is 0 Å². The predicted molar refractivity (Wildman–Crippen MR) is 108 cm³/mol. The molecule has 0 atom stereocenters. The van der Waals surface area contributed by atoms with Gasteiger partial charge in [-0.3, -0.25) is 9.59 Å². The van der Waals surface area contributed by atoms with Crippen LogP contribution < -0.4 is 10.6 Å². The highest BCUT2D eigenvalue weighted by molar-refractivity contribution is 6.30. The molecule has 0 unspecified atom stereocenters. The maximum atomic E-state index is 12.7. The van der Waals surface area contributed by atoms with Crippen LogP contribution in [0.25, 0.3) is 0 Å². The van der Waals surface area contributed by atoms with E-state index in [1.807, 2.05) is 24.3 Å². The van der Waals surface area contributed by atoms with Crippen LogP contribution in [-0.2, 0) is 14.9 Å². The normalized spacial score (nSPS) is 15.6. The molecule has 148 valence electrons. The van der Waals surface area contributed by atoms with E-state index in [0.717, 1.165) is 18.4 Å². The number of anilines is 1. The van der Waals surface area contributed by atoms with Gasteiger partial charge in [-0.25, -0.2) is 0 Å². The number of phenols is 1. The number of rotatable bonds is 5. The molecule has 1 aliphatic rings. The van der Waals surface area contributed by atoms with E-state index in [-0.39, 0.29) is 22.6 Å². The number of benzene rings is 2. The lowest BCUT2D eigenvalue weighted by Crippen LogP contribution is -2.44. The van der Waals surface area contributed by atoms with Gasteiger partial charge in [0.15, 0.2) is 0 Å². The molecule has 0 aliphatic carbocycles. The molecule has 0 aromatic heterocycles. The largest absolute Gasteiger partial charge is 0.507 e. The van der Waals surface area contributed by atoms with Gasteiger partial charge in [-0.2, -0.15) is 0 Å². The Morgan fingerprint density at radius 2 is 1.82 bits per heavy atom. The van der Waals surface area contributed by atoms with Crippen molar-refractivity contribution in [2.75, 3.05) is 25.1 Å². The van der Waals surface area contributed by atoms with Gasteiger partial charge in [0.25, 0.3) is 5.91 Å². The maximum Gasteiger partial charge on any atom is 0.255 e. The Kier molecular flexibility index (Phi) is 6.21. The Hall–Kier alpha value is -2.57. The first-order valence-electron chi connectivity index (χ1n) is 9.12. The minimum atomic E-state index is -0.399. The summed E-state index contributed by atoms with van der Waals surface area (Å²) in [5.41, 5.74) is 1.40. The zero-order valence-electron chi connectivity index (χ0n) is 15.6. The third-order valence-electron chi connectivity index (χ3n) is 5.06. The monoisotopic (exact) mass is 402 g/mol. The van der Waals surface area contributed by atoms with E-state index in [2.05, 4.69) is 10.6 Å². The first-order valence-corrected chi connectivity index (χ1v) is 9.50. The summed E-state index contributed by atoms with van der Waals surface area (Å²) in [5, 5.41) is 16.3. The summed E-state index contributed by atoms with van der Waals surface area (Å²) < 4.78 is 5.51. The fraction of sp³-hybridized carbons (Fsp3) is 0.333. The van der Waals surface area contributed by atoms with Gasteiger partial charge >= 0.3 is 0 Å². The SMILES string of the molecule is CC(=O)Nc1ccc(O)c(C(=O)NCC2(c3ccc(Cl)cc3)CCOCC2)c1. The van der Waals surface area contributed by atoms with Crippen LogP contribution in [0.2, 0.25) is 5.02 Å². The lowest BCUT2D eigenvalue weighted by molar-refractivity contribution is -0.114. The fourth-order valence-electron chi connectivity index (χ4n) is 3.48. The van der Waals surface area contributed by atoms with Crippen LogP contribution in [0.3, 0.4) is 0 Å². The molecule has 7 heteroatoms. The van der Waals surface area contributed by atoms with E-state index < -0.39 is 5.91 Å². The average molecular weight is 403 g/mol. The van der Waals surface area contributed by atoms with E-state index in [0.29, 0.717) is 30.5 Å². The highest BCUT2D eigenvalue weighted by Gasteiger charge is 2.35. The number of ether oxygens (including phenoxy) is 1. The Labute approximate surface area is 168 Å². The van der Waals surface area contributed by atoms with Crippen molar-refractivity contribution in [1.82, 2.24) is 5.32 Å². The van der Waals surface area contributed by atoms with E-state index in [4.69, 9.17) is 16.3 Å². The predicted octanol–water partition coefficient (Wildman–Crippen LogP) is 3.48. The lowest BCUT2D eigenvalue weighted by Gasteiger charge is -2.38. The first kappa shape index (κ1) is 20.2. The summed E-state index contributed by atoms with van der Waals surface area (Å²) in [4.78, 5) is 24.0. The van der Waals surface area contributed by atoms with Crippen LogP contribution >= 0.6 is 11.6 Å². The molecule has 0 radical (unpaired) electrons. The Morgan fingerprint density at radius 3 is 2.46 bits per heavy atom. The summed E-state index contributed by atoms with van der Waals surface area (Å²) in [6.45, 7) is 3.01. The van der Waals surface area contributed by atoms with E-state index in [1.54, 1.807) is 6.07 Å². The molecular weight excluding hydrogens is 380 g/mol. The molecule has 2 amide bonds. The van der Waals surface area contributed by atoms with Crippen LogP contribution in [0.1, 0.15) is 35.7 Å². The number of amides is 2. The molecule has 1 saturated heterocycles. The van der Waals surface area contributed by atoms with Crippen LogP contribution in [-0.4, -0.2) is 36.7 Å². The standard InChI is InChI=1S/C21H23ClN2O4/c1-14(25)24-17-6-7-19(26)18(12-17)20(27)23-13-21(8-10-28-11-9-21)15-2-4-16(22)5-3-15/h2-7,12,26H,8-11,13H2,1H3,(H,23,27)(H,24,25). The minimum absolute atomic E-state index is 0.115. The van der Waals surface area contributed by atoms with Gasteiger partial charge in [0.2, 0.25) is 5.91 Å². The fourth-order valence-corrected chi connectivity index (χ4v) is 3.60. The Morgan fingerprint density at radius 1 is 1.14 bits per heavy atom. The van der Waals surface area contributed by atoms with Gasteiger partial charge < -0.3 is 20.5 Å². The topological polar surface area (TPSA) is 87.7 Å². The van der Waals surface area contributed by atoms with Crippen molar-refractivity contribution in [1.29, 1.82) is 0 Å². The number of carbonyl (C=O) groups excluding carboxylic acids is 2. The molecule has 0 saturated carbocycles. The number of hydrogen-bond acceptors (Lipinski definition) is 4. The van der Waals surface area contributed by atoms with E-state index in [1.165, 1.54) is 19.1 Å². The highest BCUT2D eigenvalue weighted by atomic mass is 35.5. The molecule has 2 aromatic rings. The number of phenolic OH excluding ortho intramolecular Hbond substituents is 1. The highest BCUT2D eigenvalue weighted by Crippen LogP contribution is 2.35. The number of nitrogens with one attached hydrogen (secondary N) is 2. The second kappa shape index (κ2) is 8.63. The number of aromatic hydroxyl groups is 1. The van der Waals surface area contributed by atoms with E-state index in [9.17, 15) is 14.7 Å². The molecular formula is C21H23ClN2O4. The van der Waals surface area contributed by atoms with Gasteiger partial charge in [0.1, 0.15) is 5.75 Å². The Bertz CT molecular complexity index is 861. The molecule has 2 aromatic carbocycles. The second-order valence-corrected chi connectivity index (χ2v) is 7.43. The number of carbonyl (C=O) groups is 2. The number of hydrogen-bond donors (Lipinski definition) is 3. The van der Waals surface area contributed by atoms with Crippen molar-refractivity contribution in [2.24, 2.45) is 0 Å². The molecule has 28 heavy (non-hydrogen) atoms. The first-order chi connectivity index (χ1) is 13.4. The van der Waals surface area contributed by atoms with Crippen molar-refractivity contribution >= 4 is 29.1 Å². The summed E-state index contributed by atoms with van der Waals surface area (Å²) in [6.07, 6.45) is 1.54. The molecule has 3 rings (SSSR count). The zero-order chi connectivity index (χ0) is 20.1. The Balaban J connectivity index is 1.79. The maximum absolute atomic E-state index is 12.7. The van der Waals surface area contributed by atoms with Gasteiger partial charge in [-0.1, -0.05) is 23.7 Å². The summed E-state index contributed by atoms with van der Waals surface area (Å²) in [7, 11) is 0. The van der Waals surface area contributed by atoms with Crippen LogP contribution in [0.15, 0.2) is 42.5 Å². The smallest absolute Gasteiger partial charge is 0.255 e. The molecule has 1 heterocycles. The average Bonchev–Trinajstić information content (AvgIpc) is 2.68. The van der Waals surface area contributed by atoms with Crippen LogP contribution in [0.4, 0.5) is 5.69 Å². The third kappa shape index (κ3) is 4.64. The molecule has 1 fully saturated rings. The number of halogens is 1. The van der Waals surface area contributed by atoms with Gasteiger partial charge in [0.05, 0.1) is 5.56 Å². The minimum Gasteiger partial charge on any atom is -0.507 e. The van der Waals surface area contributed by atoms with Crippen LogP contribution in [0.5, 0.6) is 5.75 Å².